The number of benzene rings is 3. The van der Waals surface area contributed by atoms with Crippen LogP contribution < -0.4 is 20.7 Å². The number of rotatable bonds is 9. The van der Waals surface area contributed by atoms with Gasteiger partial charge in [-0.25, -0.2) is 19.4 Å². The monoisotopic (exact) mass is 865 g/mol. The molecule has 0 saturated carbocycles. The van der Waals surface area contributed by atoms with Crippen molar-refractivity contribution in [1.82, 2.24) is 44.7 Å². The first-order chi connectivity index (χ1) is 31.2. The van der Waals surface area contributed by atoms with E-state index in [-0.39, 0.29) is 24.9 Å². The minimum atomic E-state index is -0.975. The fourth-order valence-electron chi connectivity index (χ4n) is 9.92. The molecule has 0 radical (unpaired) electrons. The summed E-state index contributed by atoms with van der Waals surface area (Å²) in [6.45, 7) is 7.05. The van der Waals surface area contributed by atoms with Gasteiger partial charge in [-0.15, -0.1) is 0 Å². The molecule has 5 aliphatic heterocycles. The number of amides is 6. The van der Waals surface area contributed by atoms with E-state index in [1.165, 1.54) is 6.33 Å². The number of para-hydroxylation sites is 1. The Labute approximate surface area is 370 Å². The topological polar surface area (TPSA) is 192 Å². The fourth-order valence-corrected chi connectivity index (χ4v) is 9.92. The molecule has 2 aromatic heterocycles. The number of piperazine rings is 1. The second-order valence-electron chi connectivity index (χ2n) is 17.4. The van der Waals surface area contributed by atoms with Crippen LogP contribution in [-0.2, 0) is 9.59 Å². The summed E-state index contributed by atoms with van der Waals surface area (Å²) in [6.07, 6.45) is 6.34. The highest BCUT2D eigenvalue weighted by Crippen LogP contribution is 2.36. The maximum absolute atomic E-state index is 13.7. The molecular weight excluding hydrogens is 815 g/mol. The number of carbonyl (C=O) groups excluding carboxylic acids is 5. The highest BCUT2D eigenvalue weighted by Gasteiger charge is 2.45. The van der Waals surface area contributed by atoms with Crippen LogP contribution >= 0.6 is 0 Å². The smallest absolute Gasteiger partial charge is 0.320 e. The van der Waals surface area contributed by atoms with Crippen LogP contribution in [-0.4, -0.2) is 134 Å². The molecule has 1 unspecified atom stereocenters. The van der Waals surface area contributed by atoms with E-state index < -0.39 is 29.7 Å². The maximum atomic E-state index is 13.7. The van der Waals surface area contributed by atoms with E-state index in [2.05, 4.69) is 25.1 Å². The van der Waals surface area contributed by atoms with E-state index in [1.807, 2.05) is 75.1 Å². The molecule has 64 heavy (non-hydrogen) atoms. The molecule has 0 aliphatic carbocycles. The molecule has 3 N–H and O–H groups in total. The number of aromatic nitrogens is 4. The normalized spacial score (nSPS) is 20.3. The lowest BCUT2D eigenvalue weighted by atomic mass is 9.92. The molecule has 6 amide bonds. The van der Waals surface area contributed by atoms with Gasteiger partial charge >= 0.3 is 6.03 Å². The van der Waals surface area contributed by atoms with Crippen molar-refractivity contribution in [3.8, 4) is 22.8 Å². The van der Waals surface area contributed by atoms with Gasteiger partial charge in [-0.05, 0) is 106 Å². The van der Waals surface area contributed by atoms with E-state index in [0.29, 0.717) is 54.7 Å². The SMILES string of the molecule is Nc1ncnc2c1c(-c1ccc(Oc3ccccc3)cc1)nn2C1CCN(C(=O)N2CCN(CCC3CCN(c4ccc5c(c4)C(=O)N(C4CCC(=O)NC4=O)C5=O)CC3)CC2)CC1. The molecule has 17 nitrogen and oxygen atoms in total. The molecule has 3 aromatic carbocycles. The molecule has 4 fully saturated rings. The number of hydrogen-bond donors (Lipinski definition) is 2. The maximum Gasteiger partial charge on any atom is 0.320 e. The van der Waals surface area contributed by atoms with Crippen LogP contribution in [0.3, 0.4) is 0 Å². The number of nitrogens with two attached hydrogens (primary N) is 1. The van der Waals surface area contributed by atoms with Crippen molar-refractivity contribution >= 4 is 52.2 Å². The van der Waals surface area contributed by atoms with Gasteiger partial charge in [0, 0.05) is 70.0 Å². The highest BCUT2D eigenvalue weighted by atomic mass is 16.5. The summed E-state index contributed by atoms with van der Waals surface area (Å²) in [5.41, 5.74) is 10.2. The Morgan fingerprint density at radius 2 is 1.45 bits per heavy atom. The summed E-state index contributed by atoms with van der Waals surface area (Å²) >= 11 is 0. The van der Waals surface area contributed by atoms with Gasteiger partial charge in [-0.1, -0.05) is 18.2 Å². The third-order valence-electron chi connectivity index (χ3n) is 13.6. The number of hydrogen-bond acceptors (Lipinski definition) is 12. The largest absolute Gasteiger partial charge is 0.457 e. The summed E-state index contributed by atoms with van der Waals surface area (Å²) in [7, 11) is 0. The minimum absolute atomic E-state index is 0.0557. The Kier molecular flexibility index (Phi) is 11.2. The van der Waals surface area contributed by atoms with E-state index in [4.69, 9.17) is 15.6 Å². The Hall–Kier alpha value is -6.88. The predicted molar refractivity (Wildman–Crippen MR) is 238 cm³/mol. The molecular formula is C47H51N11O6. The average Bonchev–Trinajstić information content (AvgIpc) is 3.84. The number of imide groups is 2. The first-order valence-electron chi connectivity index (χ1n) is 22.4. The zero-order chi connectivity index (χ0) is 43.9. The first-order valence-corrected chi connectivity index (χ1v) is 22.4. The lowest BCUT2D eigenvalue weighted by Crippen LogP contribution is -2.54. The molecule has 7 heterocycles. The van der Waals surface area contributed by atoms with E-state index in [1.54, 1.807) is 12.1 Å². The second-order valence-corrected chi connectivity index (χ2v) is 17.4. The van der Waals surface area contributed by atoms with Gasteiger partial charge in [0.25, 0.3) is 11.8 Å². The van der Waals surface area contributed by atoms with Crippen molar-refractivity contribution in [2.24, 2.45) is 5.92 Å². The van der Waals surface area contributed by atoms with Crippen molar-refractivity contribution < 1.29 is 28.7 Å². The van der Waals surface area contributed by atoms with E-state index >= 15 is 0 Å². The van der Waals surface area contributed by atoms with Crippen molar-refractivity contribution in [3.63, 3.8) is 0 Å². The van der Waals surface area contributed by atoms with Crippen LogP contribution in [0.4, 0.5) is 16.3 Å². The standard InChI is InChI=1S/C47H51N11O6/c48-42-40-41(31-6-9-35(10-7-31)64-34-4-2-1-3-5-34)52-58(43(40)50-29-49-42)32-17-22-55(23-18-32)47(63)56-26-24-53(25-27-56)19-14-30-15-20-54(21-16-30)33-8-11-36-37(28-33)46(62)57(45(36)61)38-12-13-39(59)51-44(38)60/h1-11,28-30,32,38H,12-27H2,(H2,48,49,50)(H,51,59,60). The van der Waals surface area contributed by atoms with Gasteiger partial charge in [-0.2, -0.15) is 5.10 Å². The number of fused-ring (bicyclic) bond motifs is 2. The van der Waals surface area contributed by atoms with Gasteiger partial charge in [0.1, 0.15) is 35.4 Å². The fraction of sp³-hybridized carbons (Fsp3) is 0.404. The second kappa shape index (κ2) is 17.4. The van der Waals surface area contributed by atoms with Crippen molar-refractivity contribution in [3.05, 3.63) is 90.3 Å². The van der Waals surface area contributed by atoms with Gasteiger partial charge in [0.15, 0.2) is 5.65 Å². The van der Waals surface area contributed by atoms with Crippen LogP contribution in [0, 0.1) is 5.92 Å². The lowest BCUT2D eigenvalue weighted by molar-refractivity contribution is -0.136. The molecule has 10 rings (SSSR count). The number of nitrogens with zero attached hydrogens (tertiary/aromatic N) is 9. The molecule has 1 atom stereocenters. The zero-order valence-corrected chi connectivity index (χ0v) is 35.6. The van der Waals surface area contributed by atoms with Crippen LogP contribution in [0.1, 0.15) is 71.7 Å². The van der Waals surface area contributed by atoms with Crippen LogP contribution in [0.15, 0.2) is 79.1 Å². The third kappa shape index (κ3) is 7.99. The van der Waals surface area contributed by atoms with E-state index in [0.717, 1.165) is 104 Å². The van der Waals surface area contributed by atoms with Crippen LogP contribution in [0.2, 0.25) is 0 Å². The Morgan fingerprint density at radius 1 is 0.750 bits per heavy atom. The third-order valence-corrected chi connectivity index (χ3v) is 13.6. The summed E-state index contributed by atoms with van der Waals surface area (Å²) in [4.78, 5) is 83.0. The summed E-state index contributed by atoms with van der Waals surface area (Å²) in [5, 5.41) is 8.03. The average molecular weight is 866 g/mol. The highest BCUT2D eigenvalue weighted by molar-refractivity contribution is 6.23. The van der Waals surface area contributed by atoms with Gasteiger partial charge < -0.3 is 25.2 Å². The molecule has 17 heteroatoms. The number of likely N-dealkylation sites (tertiary alicyclic amines) is 1. The number of piperidine rings is 3. The molecule has 0 bridgehead atoms. The van der Waals surface area contributed by atoms with Crippen molar-refractivity contribution in [1.29, 1.82) is 0 Å². The predicted octanol–water partition coefficient (Wildman–Crippen LogP) is 4.95. The number of urea groups is 1. The molecule has 4 saturated heterocycles. The zero-order valence-electron chi connectivity index (χ0n) is 35.6. The first kappa shape index (κ1) is 41.1. The Morgan fingerprint density at radius 3 is 2.19 bits per heavy atom. The summed E-state index contributed by atoms with van der Waals surface area (Å²) < 4.78 is 7.97. The quantitative estimate of drug-likeness (QED) is 0.190. The van der Waals surface area contributed by atoms with E-state index in [9.17, 15) is 24.0 Å². The molecule has 5 aliphatic rings. The number of nitrogens with one attached hydrogen (secondary N) is 1. The lowest BCUT2D eigenvalue weighted by Gasteiger charge is -2.40. The van der Waals surface area contributed by atoms with Crippen LogP contribution in [0.25, 0.3) is 22.3 Å². The number of carbonyl (C=O) groups is 5. The summed E-state index contributed by atoms with van der Waals surface area (Å²) in [5.74, 6) is 0.457. The minimum Gasteiger partial charge on any atom is -0.457 e. The van der Waals surface area contributed by atoms with Crippen molar-refractivity contribution in [2.45, 2.75) is 57.0 Å². The molecule has 0 spiro atoms. The van der Waals surface area contributed by atoms with Gasteiger partial charge in [0.05, 0.1) is 22.6 Å². The number of anilines is 2. The number of ether oxygens (including phenoxy) is 1. The van der Waals surface area contributed by atoms with Crippen LogP contribution in [0.5, 0.6) is 11.5 Å². The van der Waals surface area contributed by atoms with Gasteiger partial charge in [0.2, 0.25) is 11.8 Å². The Bertz CT molecular complexity index is 2600. The molecule has 5 aromatic rings. The summed E-state index contributed by atoms with van der Waals surface area (Å²) in [6, 6.07) is 21.9. The Balaban J connectivity index is 0.680. The molecule has 330 valence electrons. The van der Waals surface area contributed by atoms with Crippen molar-refractivity contribution in [2.75, 3.05) is 69.5 Å². The van der Waals surface area contributed by atoms with Gasteiger partial charge in [-0.3, -0.25) is 34.3 Å². The number of nitrogen functional groups attached to an aromatic ring is 1.